The second kappa shape index (κ2) is 9.43. The van der Waals surface area contributed by atoms with Crippen LogP contribution in [0.15, 0.2) is 41.8 Å². The van der Waals surface area contributed by atoms with Crippen LogP contribution in [-0.4, -0.2) is 38.8 Å². The Balaban J connectivity index is 1.62. The quantitative estimate of drug-likeness (QED) is 0.603. The van der Waals surface area contributed by atoms with Crippen LogP contribution in [-0.2, 0) is 6.42 Å². The van der Waals surface area contributed by atoms with E-state index in [0.29, 0.717) is 29.4 Å². The number of hydrogen-bond acceptors (Lipinski definition) is 6. The molecule has 0 fully saturated rings. The molecule has 0 unspecified atom stereocenters. The normalized spacial score (nSPS) is 10.5. The number of nitrogens with zero attached hydrogens (tertiary/aromatic N) is 1. The largest absolute Gasteiger partial charge is 0.496 e. The summed E-state index contributed by atoms with van der Waals surface area (Å²) in [7, 11) is 4.59. The Morgan fingerprint density at radius 1 is 1.00 bits per heavy atom. The van der Waals surface area contributed by atoms with Crippen LogP contribution in [0.1, 0.15) is 20.9 Å². The van der Waals surface area contributed by atoms with Gasteiger partial charge in [0.25, 0.3) is 5.91 Å². The van der Waals surface area contributed by atoms with E-state index in [4.69, 9.17) is 14.2 Å². The predicted octanol–water partition coefficient (Wildman–Crippen LogP) is 4.12. The lowest BCUT2D eigenvalue weighted by Gasteiger charge is -2.14. The molecule has 152 valence electrons. The molecule has 1 N–H and O–H groups in total. The molecule has 1 aromatic heterocycles. The monoisotopic (exact) mass is 412 g/mol. The summed E-state index contributed by atoms with van der Waals surface area (Å²) in [5.74, 6) is 1.20. The number of hydrogen-bond donors (Lipinski definition) is 1. The summed E-state index contributed by atoms with van der Waals surface area (Å²) in [6.07, 6.45) is 0.720. The Hall–Kier alpha value is -3.06. The fourth-order valence-corrected chi connectivity index (χ4v) is 3.58. The van der Waals surface area contributed by atoms with Gasteiger partial charge in [0.2, 0.25) is 0 Å². The third-order valence-corrected chi connectivity index (χ3v) is 5.29. The number of thiazole rings is 1. The lowest BCUT2D eigenvalue weighted by atomic mass is 10.1. The Morgan fingerprint density at radius 3 is 2.24 bits per heavy atom. The van der Waals surface area contributed by atoms with Crippen LogP contribution in [0, 0.1) is 6.92 Å². The molecule has 0 bridgehead atoms. The van der Waals surface area contributed by atoms with Gasteiger partial charge in [-0.25, -0.2) is 4.98 Å². The maximum atomic E-state index is 12.6. The molecule has 0 aliphatic rings. The third kappa shape index (κ3) is 4.86. The van der Waals surface area contributed by atoms with Crippen molar-refractivity contribution >= 4 is 17.2 Å². The minimum Gasteiger partial charge on any atom is -0.496 e. The summed E-state index contributed by atoms with van der Waals surface area (Å²) in [4.78, 5) is 17.1. The van der Waals surface area contributed by atoms with Gasteiger partial charge in [-0.1, -0.05) is 24.3 Å². The second-order valence-corrected chi connectivity index (χ2v) is 7.42. The fourth-order valence-electron chi connectivity index (χ4n) is 2.96. The van der Waals surface area contributed by atoms with Crippen molar-refractivity contribution in [3.8, 4) is 28.5 Å². The molecular weight excluding hydrogens is 388 g/mol. The number of ether oxygens (including phenoxy) is 3. The molecule has 0 saturated carbocycles. The molecule has 2 aromatic carbocycles. The van der Waals surface area contributed by atoms with E-state index >= 15 is 0 Å². The molecule has 3 rings (SSSR count). The van der Waals surface area contributed by atoms with Gasteiger partial charge in [0.1, 0.15) is 5.75 Å². The van der Waals surface area contributed by atoms with Crippen LogP contribution < -0.4 is 19.5 Å². The first-order chi connectivity index (χ1) is 14.0. The van der Waals surface area contributed by atoms with Crippen LogP contribution in [0.25, 0.3) is 11.3 Å². The molecule has 7 heteroatoms. The first-order valence-corrected chi connectivity index (χ1v) is 10.0. The SMILES string of the molecule is COc1cc(OC)c(C(=O)NCCc2ccc(-c3csc(C)n3)cc2)cc1OC. The molecule has 0 aliphatic heterocycles. The molecule has 0 saturated heterocycles. The molecule has 1 heterocycles. The van der Waals surface area contributed by atoms with E-state index < -0.39 is 0 Å². The first kappa shape index (κ1) is 20.7. The van der Waals surface area contributed by atoms with Gasteiger partial charge in [-0.3, -0.25) is 4.79 Å². The van der Waals surface area contributed by atoms with E-state index in [-0.39, 0.29) is 5.91 Å². The maximum absolute atomic E-state index is 12.6. The topological polar surface area (TPSA) is 69.7 Å². The molecule has 0 radical (unpaired) electrons. The van der Waals surface area contributed by atoms with Crippen molar-refractivity contribution in [1.82, 2.24) is 10.3 Å². The minimum absolute atomic E-state index is 0.225. The Bertz CT molecular complexity index is 983. The van der Waals surface area contributed by atoms with Crippen molar-refractivity contribution in [2.24, 2.45) is 0 Å². The van der Waals surface area contributed by atoms with Gasteiger partial charge < -0.3 is 19.5 Å². The third-order valence-electron chi connectivity index (χ3n) is 4.52. The number of benzene rings is 2. The van der Waals surface area contributed by atoms with E-state index in [0.717, 1.165) is 28.2 Å². The maximum Gasteiger partial charge on any atom is 0.255 e. The summed E-state index contributed by atoms with van der Waals surface area (Å²) >= 11 is 1.64. The molecule has 1 amide bonds. The molecule has 0 spiro atoms. The highest BCUT2D eigenvalue weighted by Crippen LogP contribution is 2.34. The number of nitrogens with one attached hydrogen (secondary N) is 1. The summed E-state index contributed by atoms with van der Waals surface area (Å²) in [6, 6.07) is 11.5. The Morgan fingerprint density at radius 2 is 1.66 bits per heavy atom. The smallest absolute Gasteiger partial charge is 0.255 e. The number of aromatic nitrogens is 1. The van der Waals surface area contributed by atoms with Crippen LogP contribution in [0.4, 0.5) is 0 Å². The van der Waals surface area contributed by atoms with Gasteiger partial charge in [0.05, 0.1) is 37.6 Å². The van der Waals surface area contributed by atoms with Crippen LogP contribution in [0.5, 0.6) is 17.2 Å². The van der Waals surface area contributed by atoms with Crippen molar-refractivity contribution in [2.75, 3.05) is 27.9 Å². The van der Waals surface area contributed by atoms with E-state index in [9.17, 15) is 4.79 Å². The highest BCUT2D eigenvalue weighted by atomic mass is 32.1. The van der Waals surface area contributed by atoms with E-state index in [1.807, 2.05) is 6.92 Å². The van der Waals surface area contributed by atoms with Gasteiger partial charge in [-0.2, -0.15) is 0 Å². The highest BCUT2D eigenvalue weighted by Gasteiger charge is 2.17. The second-order valence-electron chi connectivity index (χ2n) is 6.36. The van der Waals surface area contributed by atoms with Crippen molar-refractivity contribution < 1.29 is 19.0 Å². The summed E-state index contributed by atoms with van der Waals surface area (Å²) in [5.41, 5.74) is 3.63. The van der Waals surface area contributed by atoms with Crippen molar-refractivity contribution in [2.45, 2.75) is 13.3 Å². The number of aryl methyl sites for hydroxylation is 1. The van der Waals surface area contributed by atoms with Crippen molar-refractivity contribution in [3.05, 3.63) is 57.9 Å². The predicted molar refractivity (Wildman–Crippen MR) is 114 cm³/mol. The number of rotatable bonds is 8. The van der Waals surface area contributed by atoms with Gasteiger partial charge >= 0.3 is 0 Å². The van der Waals surface area contributed by atoms with Gasteiger partial charge in [-0.05, 0) is 18.9 Å². The number of carbonyl (C=O) groups is 1. The summed E-state index contributed by atoms with van der Waals surface area (Å²) < 4.78 is 15.9. The standard InChI is InChI=1S/C22H24N2O4S/c1-14-24-18(13-29-14)16-7-5-15(6-8-16)9-10-23-22(25)17-11-20(27-3)21(28-4)12-19(17)26-2/h5-8,11-13H,9-10H2,1-4H3,(H,23,25). The van der Waals surface area contributed by atoms with E-state index in [2.05, 4.69) is 39.9 Å². The first-order valence-electron chi connectivity index (χ1n) is 9.15. The van der Waals surface area contributed by atoms with E-state index in [1.54, 1.807) is 23.5 Å². The Labute approximate surface area is 174 Å². The van der Waals surface area contributed by atoms with Crippen molar-refractivity contribution in [1.29, 1.82) is 0 Å². The van der Waals surface area contributed by atoms with Crippen LogP contribution in [0.2, 0.25) is 0 Å². The van der Waals surface area contributed by atoms with Crippen LogP contribution >= 0.6 is 11.3 Å². The van der Waals surface area contributed by atoms with Crippen molar-refractivity contribution in [3.63, 3.8) is 0 Å². The van der Waals surface area contributed by atoms with Gasteiger partial charge in [-0.15, -0.1) is 11.3 Å². The average Bonchev–Trinajstić information content (AvgIpc) is 3.19. The average molecular weight is 413 g/mol. The zero-order valence-electron chi connectivity index (χ0n) is 16.9. The van der Waals surface area contributed by atoms with Crippen LogP contribution in [0.3, 0.4) is 0 Å². The van der Waals surface area contributed by atoms with Gasteiger partial charge in [0, 0.05) is 29.6 Å². The lowest BCUT2D eigenvalue weighted by Crippen LogP contribution is -2.26. The molecular formula is C22H24N2O4S. The minimum atomic E-state index is -0.225. The molecule has 29 heavy (non-hydrogen) atoms. The zero-order valence-corrected chi connectivity index (χ0v) is 17.8. The highest BCUT2D eigenvalue weighted by molar-refractivity contribution is 7.09. The van der Waals surface area contributed by atoms with E-state index in [1.165, 1.54) is 21.3 Å². The number of methoxy groups -OCH3 is 3. The number of amides is 1. The molecule has 0 aliphatic carbocycles. The summed E-state index contributed by atoms with van der Waals surface area (Å²) in [6.45, 7) is 2.50. The Kier molecular flexibility index (Phi) is 6.72. The molecule has 6 nitrogen and oxygen atoms in total. The number of carbonyl (C=O) groups excluding carboxylic acids is 1. The summed E-state index contributed by atoms with van der Waals surface area (Å²) in [5, 5.41) is 6.04. The molecule has 0 atom stereocenters. The lowest BCUT2D eigenvalue weighted by molar-refractivity contribution is 0.0950. The zero-order chi connectivity index (χ0) is 20.8. The fraction of sp³-hybridized carbons (Fsp3) is 0.273. The molecule has 3 aromatic rings. The van der Waals surface area contributed by atoms with Gasteiger partial charge in [0.15, 0.2) is 11.5 Å².